The lowest BCUT2D eigenvalue weighted by Crippen LogP contribution is -2.49. The molecule has 3 nitrogen and oxygen atoms in total. The molecule has 0 aliphatic heterocycles. The summed E-state index contributed by atoms with van der Waals surface area (Å²) in [5.74, 6) is -0.606. The number of aromatic hydroxyl groups is 1. The molecule has 3 aliphatic carbocycles. The minimum Gasteiger partial charge on any atom is -0.508 e. The number of benzene rings is 3. The van der Waals surface area contributed by atoms with Crippen LogP contribution in [0.15, 0.2) is 72.8 Å². The summed E-state index contributed by atoms with van der Waals surface area (Å²) in [4.78, 5) is 12.7. The maximum absolute atomic E-state index is 12.7. The van der Waals surface area contributed by atoms with Gasteiger partial charge in [0, 0.05) is 11.8 Å². The zero-order valence-corrected chi connectivity index (χ0v) is 14.1. The maximum atomic E-state index is 12.7. The summed E-state index contributed by atoms with van der Waals surface area (Å²) in [6.07, 6.45) is 0.457. The fraction of sp³-hybridized carbons (Fsp3) is 0.174. The van der Waals surface area contributed by atoms with Gasteiger partial charge in [0.1, 0.15) is 11.2 Å². The topological polar surface area (TPSA) is 57.5 Å². The van der Waals surface area contributed by atoms with Gasteiger partial charge in [-0.25, -0.2) is 0 Å². The molecule has 0 spiro atoms. The van der Waals surface area contributed by atoms with E-state index in [-0.39, 0.29) is 17.6 Å². The lowest BCUT2D eigenvalue weighted by Gasteiger charge is -2.51. The van der Waals surface area contributed by atoms with Crippen molar-refractivity contribution in [2.24, 2.45) is 0 Å². The molecule has 2 N–H and O–H groups in total. The van der Waals surface area contributed by atoms with Crippen molar-refractivity contribution in [3.05, 3.63) is 101 Å². The van der Waals surface area contributed by atoms with E-state index in [4.69, 9.17) is 0 Å². The Bertz CT molecular complexity index is 989. The van der Waals surface area contributed by atoms with E-state index in [1.807, 2.05) is 60.7 Å². The van der Waals surface area contributed by atoms with E-state index in [0.29, 0.717) is 6.42 Å². The highest BCUT2D eigenvalue weighted by molar-refractivity contribution is 5.90. The van der Waals surface area contributed by atoms with Gasteiger partial charge in [0.2, 0.25) is 0 Å². The Morgan fingerprint density at radius 3 is 1.85 bits per heavy atom. The number of phenols is 1. The van der Waals surface area contributed by atoms with E-state index in [1.165, 1.54) is 0 Å². The van der Waals surface area contributed by atoms with Crippen LogP contribution in [0.1, 0.15) is 46.1 Å². The van der Waals surface area contributed by atoms with E-state index in [1.54, 1.807) is 12.1 Å². The smallest absolute Gasteiger partial charge is 0.318 e. The van der Waals surface area contributed by atoms with Crippen LogP contribution in [0.5, 0.6) is 5.75 Å². The van der Waals surface area contributed by atoms with Crippen molar-refractivity contribution in [2.75, 3.05) is 0 Å². The van der Waals surface area contributed by atoms with E-state index >= 15 is 0 Å². The first kappa shape index (κ1) is 15.2. The standard InChI is InChI=1S/C23H18O3/c24-20-12-6-3-7-14(20)17-13-23(22(25)26)18-10-4-1-8-15(18)21(17)16-9-2-5-11-19(16)23/h1-12,17,21,24H,13H2,(H,25,26). The fourth-order valence-corrected chi connectivity index (χ4v) is 5.14. The first-order valence-corrected chi connectivity index (χ1v) is 8.84. The monoisotopic (exact) mass is 342 g/mol. The molecular weight excluding hydrogens is 324 g/mol. The third kappa shape index (κ3) is 1.75. The molecule has 2 bridgehead atoms. The number of carboxylic acids is 1. The molecule has 0 radical (unpaired) electrons. The third-order valence-electron chi connectivity index (χ3n) is 6.14. The summed E-state index contributed by atoms with van der Waals surface area (Å²) in [6.45, 7) is 0. The van der Waals surface area contributed by atoms with Crippen LogP contribution in [0.2, 0.25) is 0 Å². The van der Waals surface area contributed by atoms with Crippen LogP contribution < -0.4 is 0 Å². The quantitative estimate of drug-likeness (QED) is 0.726. The van der Waals surface area contributed by atoms with Crippen LogP contribution in [-0.2, 0) is 10.2 Å². The van der Waals surface area contributed by atoms with Gasteiger partial charge in [-0.2, -0.15) is 0 Å². The van der Waals surface area contributed by atoms with Crippen LogP contribution in [0.3, 0.4) is 0 Å². The largest absolute Gasteiger partial charge is 0.508 e. The van der Waals surface area contributed by atoms with Crippen molar-refractivity contribution >= 4 is 5.97 Å². The van der Waals surface area contributed by atoms with Gasteiger partial charge in [-0.05, 0) is 40.3 Å². The number of hydrogen-bond acceptors (Lipinski definition) is 2. The molecule has 3 aliphatic rings. The van der Waals surface area contributed by atoms with Gasteiger partial charge in [-0.1, -0.05) is 66.7 Å². The normalized spacial score (nSPS) is 25.4. The summed E-state index contributed by atoms with van der Waals surface area (Å²) in [5, 5.41) is 20.8. The van der Waals surface area contributed by atoms with Gasteiger partial charge in [0.05, 0.1) is 0 Å². The number of carbonyl (C=O) groups is 1. The molecular formula is C23H18O3. The molecule has 0 heterocycles. The minimum absolute atomic E-state index is 0.0527. The first-order valence-electron chi connectivity index (χ1n) is 8.84. The predicted molar refractivity (Wildman–Crippen MR) is 98.6 cm³/mol. The van der Waals surface area contributed by atoms with Gasteiger partial charge in [-0.3, -0.25) is 4.79 Å². The van der Waals surface area contributed by atoms with E-state index in [0.717, 1.165) is 27.8 Å². The van der Waals surface area contributed by atoms with Crippen molar-refractivity contribution in [3.8, 4) is 5.75 Å². The average Bonchev–Trinajstić information content (AvgIpc) is 2.68. The Hall–Kier alpha value is -3.07. The van der Waals surface area contributed by atoms with Crippen LogP contribution in [-0.4, -0.2) is 16.2 Å². The summed E-state index contributed by atoms with van der Waals surface area (Å²) < 4.78 is 0. The molecule has 0 amide bonds. The second kappa shape index (κ2) is 5.21. The maximum Gasteiger partial charge on any atom is 0.318 e. The molecule has 1 unspecified atom stereocenters. The Balaban J connectivity index is 1.86. The highest BCUT2D eigenvalue weighted by Crippen LogP contribution is 2.62. The molecule has 6 rings (SSSR count). The number of fused-ring (bicyclic) bond motifs is 1. The number of carboxylic acid groups (broad SMARTS) is 1. The predicted octanol–water partition coefficient (Wildman–Crippen LogP) is 4.40. The lowest BCUT2D eigenvalue weighted by molar-refractivity contribution is -0.143. The van der Waals surface area contributed by atoms with E-state index < -0.39 is 11.4 Å². The second-order valence-corrected chi connectivity index (χ2v) is 7.23. The van der Waals surface area contributed by atoms with Crippen molar-refractivity contribution < 1.29 is 15.0 Å². The molecule has 3 heteroatoms. The Morgan fingerprint density at radius 1 is 0.808 bits per heavy atom. The van der Waals surface area contributed by atoms with Crippen molar-refractivity contribution in [2.45, 2.75) is 23.7 Å². The molecule has 3 aromatic rings. The van der Waals surface area contributed by atoms with E-state index in [2.05, 4.69) is 0 Å². The highest BCUT2D eigenvalue weighted by atomic mass is 16.4. The summed E-state index contributed by atoms with van der Waals surface area (Å²) >= 11 is 0. The van der Waals surface area contributed by atoms with Gasteiger partial charge in [-0.15, -0.1) is 0 Å². The molecule has 128 valence electrons. The number of rotatable bonds is 2. The van der Waals surface area contributed by atoms with Gasteiger partial charge in [0.25, 0.3) is 0 Å². The second-order valence-electron chi connectivity index (χ2n) is 7.23. The van der Waals surface area contributed by atoms with Crippen molar-refractivity contribution in [1.82, 2.24) is 0 Å². The summed E-state index contributed by atoms with van der Waals surface area (Å²) in [6, 6.07) is 23.1. The highest BCUT2D eigenvalue weighted by Gasteiger charge is 2.57. The molecule has 0 saturated heterocycles. The summed E-state index contributed by atoms with van der Waals surface area (Å²) in [7, 11) is 0. The van der Waals surface area contributed by atoms with Crippen LogP contribution >= 0.6 is 0 Å². The number of hydrogen-bond donors (Lipinski definition) is 2. The first-order chi connectivity index (χ1) is 12.6. The van der Waals surface area contributed by atoms with Crippen LogP contribution in [0.4, 0.5) is 0 Å². The van der Waals surface area contributed by atoms with Crippen LogP contribution in [0, 0.1) is 0 Å². The Labute approximate surface area is 151 Å². The SMILES string of the molecule is O=C(O)C12CC(c3ccccc3O)C(c3ccccc31)c1ccccc12. The molecule has 0 saturated carbocycles. The van der Waals surface area contributed by atoms with Crippen LogP contribution in [0.25, 0.3) is 0 Å². The molecule has 3 aromatic carbocycles. The zero-order chi connectivity index (χ0) is 17.9. The Morgan fingerprint density at radius 2 is 1.31 bits per heavy atom. The van der Waals surface area contributed by atoms with Crippen molar-refractivity contribution in [3.63, 3.8) is 0 Å². The van der Waals surface area contributed by atoms with Gasteiger partial charge in [0.15, 0.2) is 0 Å². The number of para-hydroxylation sites is 1. The number of phenolic OH excluding ortho intramolecular Hbond substituents is 1. The molecule has 0 aromatic heterocycles. The van der Waals surface area contributed by atoms with Gasteiger partial charge >= 0.3 is 5.97 Å². The molecule has 1 atom stereocenters. The third-order valence-corrected chi connectivity index (χ3v) is 6.14. The van der Waals surface area contributed by atoms with Gasteiger partial charge < -0.3 is 10.2 Å². The van der Waals surface area contributed by atoms with Crippen molar-refractivity contribution in [1.29, 1.82) is 0 Å². The Kier molecular flexibility index (Phi) is 3.05. The molecule has 0 fully saturated rings. The number of aliphatic carboxylic acids is 1. The average molecular weight is 342 g/mol. The lowest BCUT2D eigenvalue weighted by atomic mass is 9.50. The van der Waals surface area contributed by atoms with E-state index in [9.17, 15) is 15.0 Å². The molecule has 26 heavy (non-hydrogen) atoms. The zero-order valence-electron chi connectivity index (χ0n) is 14.1. The fourth-order valence-electron chi connectivity index (χ4n) is 5.14. The minimum atomic E-state index is -1.07. The summed E-state index contributed by atoms with van der Waals surface area (Å²) in [5.41, 5.74) is 3.66.